The SMILES string of the molecule is c1ccc(-c2ccc3c4ccccc4n(-c4ccc5c(c4)c4nc(-c6ccccc6)ccc4n5-c4ccccc4)c3c2)cc1.c1ccc(-c2cnc3c(n2)c2cc(-n4c5ccccc5c5cc(-c6cccc7c6oc6ccccc67)ccc54)ccc2n3-c2ccccc2)cc1. The van der Waals surface area contributed by atoms with Gasteiger partial charge in [-0.3, -0.25) is 4.57 Å². The van der Waals surface area contributed by atoms with Gasteiger partial charge in [0.15, 0.2) is 5.65 Å². The summed E-state index contributed by atoms with van der Waals surface area (Å²) >= 11 is 0. The van der Waals surface area contributed by atoms with Crippen LogP contribution in [-0.2, 0) is 0 Å². The predicted molar refractivity (Wildman–Crippen MR) is 393 cm³/mol. The van der Waals surface area contributed by atoms with Gasteiger partial charge in [0.2, 0.25) is 0 Å². The molecule has 0 spiro atoms. The topological polar surface area (TPSA) is 71.5 Å². The Morgan fingerprint density at radius 2 is 0.716 bits per heavy atom. The third-order valence-corrected chi connectivity index (χ3v) is 18.9. The number of pyridine rings is 1. The van der Waals surface area contributed by atoms with Crippen LogP contribution in [0, 0.1) is 0 Å². The molecule has 7 aromatic heterocycles. The van der Waals surface area contributed by atoms with Gasteiger partial charge in [-0.2, -0.15) is 0 Å². The third kappa shape index (κ3) is 8.80. The number of hydrogen-bond donors (Lipinski definition) is 0. The standard InChI is InChI=1S/C46H28N4O.C41H27N3/c1-3-12-29(13-4-1)39-28-47-46-44(48-39)38-27-32(23-25-42(38)50(46)31-14-5-2-6-15-31)49-40-20-9-7-16-34(40)37-26-30(22-24-41(37)49)33-18-11-19-36-35-17-8-10-21-43(35)51-45(33)36;1-4-12-28(13-5-1)30-20-22-34-33-18-10-11-19-37(33)44(40(34)26-30)32-21-24-38-35(27-32)41-39(43(38)31-16-8-3-9-17-31)25-23-36(42-41)29-14-6-2-7-15-29/h1-28H;1-27H. The van der Waals surface area contributed by atoms with E-state index in [9.17, 15) is 0 Å². The van der Waals surface area contributed by atoms with Gasteiger partial charge in [-0.1, -0.05) is 218 Å². The van der Waals surface area contributed by atoms with E-state index in [0.717, 1.165) is 133 Å². The number of furan rings is 1. The second-order valence-corrected chi connectivity index (χ2v) is 24.3. The first-order valence-electron chi connectivity index (χ1n) is 32.1. The van der Waals surface area contributed by atoms with Gasteiger partial charge in [-0.25, -0.2) is 15.0 Å². The number of benzene rings is 13. The maximum atomic E-state index is 6.44. The Bertz CT molecular complexity index is 6380. The molecule has 95 heavy (non-hydrogen) atoms. The molecule has 0 amide bonds. The van der Waals surface area contributed by atoms with Crippen LogP contribution in [-0.4, -0.2) is 33.2 Å². The van der Waals surface area contributed by atoms with Crippen molar-refractivity contribution in [2.75, 3.05) is 0 Å². The van der Waals surface area contributed by atoms with Crippen molar-refractivity contribution in [3.05, 3.63) is 334 Å². The summed E-state index contributed by atoms with van der Waals surface area (Å²) in [6.07, 6.45) is 1.88. The van der Waals surface area contributed by atoms with Crippen LogP contribution in [0.3, 0.4) is 0 Å². The highest BCUT2D eigenvalue weighted by molar-refractivity contribution is 6.16. The highest BCUT2D eigenvalue weighted by Gasteiger charge is 2.23. The number of para-hydroxylation sites is 6. The van der Waals surface area contributed by atoms with Gasteiger partial charge >= 0.3 is 0 Å². The number of aromatic nitrogens is 7. The molecule has 0 aliphatic rings. The van der Waals surface area contributed by atoms with E-state index in [0.29, 0.717) is 0 Å². The lowest BCUT2D eigenvalue weighted by molar-refractivity contribution is 0.670. The van der Waals surface area contributed by atoms with E-state index in [-0.39, 0.29) is 0 Å². The normalized spacial score (nSPS) is 11.8. The molecule has 20 aromatic rings. The van der Waals surface area contributed by atoms with Crippen molar-refractivity contribution in [2.24, 2.45) is 0 Å². The van der Waals surface area contributed by atoms with Crippen LogP contribution in [0.2, 0.25) is 0 Å². The van der Waals surface area contributed by atoms with Crippen molar-refractivity contribution in [2.45, 2.75) is 0 Å². The lowest BCUT2D eigenvalue weighted by Gasteiger charge is -2.11. The van der Waals surface area contributed by atoms with Crippen LogP contribution in [0.25, 0.3) is 177 Å². The first kappa shape index (κ1) is 53.9. The van der Waals surface area contributed by atoms with Gasteiger partial charge in [0.05, 0.1) is 61.7 Å². The van der Waals surface area contributed by atoms with Gasteiger partial charge in [0, 0.05) is 82.5 Å². The van der Waals surface area contributed by atoms with Crippen molar-refractivity contribution in [3.63, 3.8) is 0 Å². The van der Waals surface area contributed by atoms with Crippen LogP contribution < -0.4 is 0 Å². The summed E-state index contributed by atoms with van der Waals surface area (Å²) in [5, 5.41) is 9.33. The molecule has 7 heterocycles. The summed E-state index contributed by atoms with van der Waals surface area (Å²) in [7, 11) is 0. The van der Waals surface area contributed by atoms with Crippen LogP contribution in [0.15, 0.2) is 338 Å². The molecule has 0 fully saturated rings. The molecule has 0 atom stereocenters. The van der Waals surface area contributed by atoms with E-state index in [1.807, 2.05) is 48.7 Å². The molecule has 0 saturated heterocycles. The number of hydrogen-bond acceptors (Lipinski definition) is 4. The summed E-state index contributed by atoms with van der Waals surface area (Å²) in [5.41, 5.74) is 25.5. The monoisotopic (exact) mass is 1210 g/mol. The Kier molecular flexibility index (Phi) is 12.4. The van der Waals surface area contributed by atoms with Crippen molar-refractivity contribution in [3.8, 4) is 67.5 Å². The Labute approximate surface area is 545 Å². The van der Waals surface area contributed by atoms with Crippen molar-refractivity contribution >= 4 is 110 Å². The minimum absolute atomic E-state index is 0.833. The molecule has 0 radical (unpaired) electrons. The fourth-order valence-corrected chi connectivity index (χ4v) is 14.6. The summed E-state index contributed by atoms with van der Waals surface area (Å²) < 4.78 is 15.8. The third-order valence-electron chi connectivity index (χ3n) is 18.9. The largest absolute Gasteiger partial charge is 0.455 e. The molecule has 0 N–H and O–H groups in total. The lowest BCUT2D eigenvalue weighted by Crippen LogP contribution is -1.96. The second-order valence-electron chi connectivity index (χ2n) is 24.3. The highest BCUT2D eigenvalue weighted by atomic mass is 16.3. The molecule has 0 aliphatic heterocycles. The molecule has 0 bridgehead atoms. The summed E-state index contributed by atoms with van der Waals surface area (Å²) in [6.45, 7) is 0. The van der Waals surface area contributed by atoms with Crippen LogP contribution in [0.5, 0.6) is 0 Å². The summed E-state index contributed by atoms with van der Waals surface area (Å²) in [6, 6.07) is 116. The van der Waals surface area contributed by atoms with E-state index in [4.69, 9.17) is 19.4 Å². The van der Waals surface area contributed by atoms with E-state index < -0.39 is 0 Å². The fraction of sp³-hybridized carbons (Fsp3) is 0. The first-order chi connectivity index (χ1) is 47.1. The minimum atomic E-state index is 0.833. The molecule has 8 nitrogen and oxygen atoms in total. The maximum absolute atomic E-state index is 6.44. The molecule has 0 unspecified atom stereocenters. The predicted octanol–water partition coefficient (Wildman–Crippen LogP) is 22.5. The number of rotatable bonds is 8. The van der Waals surface area contributed by atoms with Gasteiger partial charge in [0.1, 0.15) is 16.7 Å². The molecule has 20 rings (SSSR count). The zero-order valence-corrected chi connectivity index (χ0v) is 51.3. The molecule has 13 aromatic carbocycles. The Hall–Kier alpha value is -12.9. The maximum Gasteiger partial charge on any atom is 0.164 e. The van der Waals surface area contributed by atoms with Crippen molar-refractivity contribution < 1.29 is 4.42 Å². The van der Waals surface area contributed by atoms with Gasteiger partial charge in [-0.15, -0.1) is 0 Å². The zero-order valence-electron chi connectivity index (χ0n) is 51.3. The molecule has 0 aliphatic carbocycles. The average Bonchev–Trinajstić information content (AvgIpc) is 1.59. The first-order valence-corrected chi connectivity index (χ1v) is 32.1. The average molecular weight is 1210 g/mol. The van der Waals surface area contributed by atoms with Gasteiger partial charge in [-0.05, 0) is 126 Å². The Morgan fingerprint density at radius 1 is 0.242 bits per heavy atom. The Morgan fingerprint density at radius 3 is 1.41 bits per heavy atom. The van der Waals surface area contributed by atoms with Crippen molar-refractivity contribution in [1.29, 1.82) is 0 Å². The number of nitrogens with zero attached hydrogens (tertiary/aromatic N) is 7. The fourth-order valence-electron chi connectivity index (χ4n) is 14.6. The molecular formula is C87H55N7O. The quantitative estimate of drug-likeness (QED) is 0.152. The Balaban J connectivity index is 0.000000136. The summed E-state index contributed by atoms with van der Waals surface area (Å²) in [5.74, 6) is 0. The van der Waals surface area contributed by atoms with E-state index >= 15 is 0 Å². The second kappa shape index (κ2) is 21.9. The van der Waals surface area contributed by atoms with Gasteiger partial charge < -0.3 is 18.1 Å². The lowest BCUT2D eigenvalue weighted by atomic mass is 10.0. The van der Waals surface area contributed by atoms with E-state index in [1.54, 1.807) is 0 Å². The molecule has 444 valence electrons. The molecule has 8 heteroatoms. The smallest absolute Gasteiger partial charge is 0.164 e. The van der Waals surface area contributed by atoms with Crippen LogP contribution in [0.4, 0.5) is 0 Å². The summed E-state index contributed by atoms with van der Waals surface area (Å²) in [4.78, 5) is 15.6. The number of fused-ring (bicyclic) bond motifs is 15. The highest BCUT2D eigenvalue weighted by Crippen LogP contribution is 2.43. The van der Waals surface area contributed by atoms with E-state index in [1.165, 1.54) is 43.7 Å². The zero-order chi connectivity index (χ0) is 62.5. The minimum Gasteiger partial charge on any atom is -0.455 e. The van der Waals surface area contributed by atoms with Gasteiger partial charge in [0.25, 0.3) is 0 Å². The van der Waals surface area contributed by atoms with E-state index in [2.05, 4.69) is 303 Å². The molecule has 0 saturated carbocycles. The molecular weight excluding hydrogens is 1160 g/mol. The van der Waals surface area contributed by atoms with Crippen LogP contribution >= 0.6 is 0 Å². The van der Waals surface area contributed by atoms with Crippen molar-refractivity contribution in [1.82, 2.24) is 33.2 Å². The van der Waals surface area contributed by atoms with Crippen LogP contribution in [0.1, 0.15) is 0 Å².